The van der Waals surface area contributed by atoms with E-state index in [1.54, 1.807) is 6.92 Å². The van der Waals surface area contributed by atoms with Gasteiger partial charge < -0.3 is 10.5 Å². The number of halogens is 3. The SMILES string of the molecule is C/C(=C\C=C(/C)C(F)(F)F)[C@@H]1CCC[C@H](CN)O1. The second-order valence-electron chi connectivity index (χ2n) is 4.67. The molecular formula is C13H20F3NO. The molecule has 1 heterocycles. The molecule has 104 valence electrons. The molecular weight excluding hydrogens is 243 g/mol. The first kappa shape index (κ1) is 15.2. The monoisotopic (exact) mass is 263 g/mol. The zero-order valence-electron chi connectivity index (χ0n) is 10.8. The van der Waals surface area contributed by atoms with Crippen molar-refractivity contribution < 1.29 is 17.9 Å². The molecule has 0 spiro atoms. The highest BCUT2D eigenvalue weighted by Gasteiger charge is 2.29. The summed E-state index contributed by atoms with van der Waals surface area (Å²) >= 11 is 0. The lowest BCUT2D eigenvalue weighted by Gasteiger charge is -2.29. The first-order chi connectivity index (χ1) is 8.34. The third kappa shape index (κ3) is 4.46. The highest BCUT2D eigenvalue weighted by Crippen LogP contribution is 2.26. The minimum Gasteiger partial charge on any atom is -0.369 e. The quantitative estimate of drug-likeness (QED) is 0.793. The van der Waals surface area contributed by atoms with Gasteiger partial charge >= 0.3 is 6.18 Å². The normalized spacial score (nSPS) is 27.4. The number of allylic oxidation sites excluding steroid dienone is 3. The predicted octanol–water partition coefficient (Wildman–Crippen LogP) is 3.34. The fourth-order valence-corrected chi connectivity index (χ4v) is 1.87. The van der Waals surface area contributed by atoms with Crippen LogP contribution >= 0.6 is 0 Å². The second-order valence-corrected chi connectivity index (χ2v) is 4.67. The summed E-state index contributed by atoms with van der Waals surface area (Å²) in [5, 5.41) is 0. The van der Waals surface area contributed by atoms with Crippen LogP contribution in [0.2, 0.25) is 0 Å². The molecule has 0 radical (unpaired) electrons. The third-order valence-corrected chi connectivity index (χ3v) is 3.16. The Labute approximate surface area is 106 Å². The van der Waals surface area contributed by atoms with Gasteiger partial charge in [0.1, 0.15) is 0 Å². The molecule has 0 aliphatic carbocycles. The molecule has 0 saturated carbocycles. The zero-order valence-corrected chi connectivity index (χ0v) is 10.8. The smallest absolute Gasteiger partial charge is 0.369 e. The maximum atomic E-state index is 12.3. The summed E-state index contributed by atoms with van der Waals surface area (Å²) in [6.07, 6.45) is 1.03. The van der Waals surface area contributed by atoms with Gasteiger partial charge in [0.15, 0.2) is 0 Å². The van der Waals surface area contributed by atoms with E-state index < -0.39 is 11.7 Å². The zero-order chi connectivity index (χ0) is 13.8. The number of hydrogen-bond acceptors (Lipinski definition) is 2. The van der Waals surface area contributed by atoms with Gasteiger partial charge in [-0.2, -0.15) is 13.2 Å². The van der Waals surface area contributed by atoms with Crippen molar-refractivity contribution in [2.24, 2.45) is 5.73 Å². The van der Waals surface area contributed by atoms with Gasteiger partial charge in [-0.05, 0) is 38.7 Å². The first-order valence-electron chi connectivity index (χ1n) is 6.12. The predicted molar refractivity (Wildman–Crippen MR) is 65.1 cm³/mol. The summed E-state index contributed by atoms with van der Waals surface area (Å²) in [7, 11) is 0. The largest absolute Gasteiger partial charge is 0.412 e. The number of ether oxygens (including phenoxy) is 1. The van der Waals surface area contributed by atoms with Gasteiger partial charge in [0, 0.05) is 12.1 Å². The minimum absolute atomic E-state index is 0.0276. The first-order valence-corrected chi connectivity index (χ1v) is 6.12. The highest BCUT2D eigenvalue weighted by atomic mass is 19.4. The molecule has 1 saturated heterocycles. The summed E-state index contributed by atoms with van der Waals surface area (Å²) in [4.78, 5) is 0. The Morgan fingerprint density at radius 2 is 1.94 bits per heavy atom. The fourth-order valence-electron chi connectivity index (χ4n) is 1.87. The molecule has 1 fully saturated rings. The van der Waals surface area contributed by atoms with Crippen LogP contribution in [0.5, 0.6) is 0 Å². The summed E-state index contributed by atoms with van der Waals surface area (Å²) in [5.74, 6) is 0. The highest BCUT2D eigenvalue weighted by molar-refractivity contribution is 5.20. The van der Waals surface area contributed by atoms with Crippen molar-refractivity contribution in [2.75, 3.05) is 6.54 Å². The van der Waals surface area contributed by atoms with E-state index in [2.05, 4.69) is 0 Å². The summed E-state index contributed by atoms with van der Waals surface area (Å²) in [6.45, 7) is 3.32. The second kappa shape index (κ2) is 6.38. The van der Waals surface area contributed by atoms with Crippen molar-refractivity contribution in [1.82, 2.24) is 0 Å². The van der Waals surface area contributed by atoms with Gasteiger partial charge in [-0.15, -0.1) is 0 Å². The minimum atomic E-state index is -4.26. The lowest BCUT2D eigenvalue weighted by atomic mass is 9.98. The molecule has 0 bridgehead atoms. The van der Waals surface area contributed by atoms with Crippen LogP contribution in [0.25, 0.3) is 0 Å². The van der Waals surface area contributed by atoms with Crippen LogP contribution in [-0.2, 0) is 4.74 Å². The molecule has 2 N–H and O–H groups in total. The number of rotatable bonds is 3. The van der Waals surface area contributed by atoms with E-state index in [0.717, 1.165) is 37.8 Å². The van der Waals surface area contributed by atoms with Crippen molar-refractivity contribution in [2.45, 2.75) is 51.5 Å². The van der Waals surface area contributed by atoms with Crippen LogP contribution < -0.4 is 5.73 Å². The number of nitrogens with two attached hydrogens (primary N) is 1. The van der Waals surface area contributed by atoms with Gasteiger partial charge in [0.2, 0.25) is 0 Å². The third-order valence-electron chi connectivity index (χ3n) is 3.16. The molecule has 2 nitrogen and oxygen atoms in total. The topological polar surface area (TPSA) is 35.2 Å². The van der Waals surface area contributed by atoms with Gasteiger partial charge in [-0.25, -0.2) is 0 Å². The van der Waals surface area contributed by atoms with Gasteiger partial charge in [-0.3, -0.25) is 0 Å². The van der Waals surface area contributed by atoms with Gasteiger partial charge in [0.25, 0.3) is 0 Å². The summed E-state index contributed by atoms with van der Waals surface area (Å²) < 4.78 is 42.7. The molecule has 0 unspecified atom stereocenters. The van der Waals surface area contributed by atoms with Crippen LogP contribution in [0, 0.1) is 0 Å². The fraction of sp³-hybridized carbons (Fsp3) is 0.692. The van der Waals surface area contributed by atoms with Crippen LogP contribution in [0.1, 0.15) is 33.1 Å². The van der Waals surface area contributed by atoms with Crippen molar-refractivity contribution >= 4 is 0 Å². The van der Waals surface area contributed by atoms with E-state index in [4.69, 9.17) is 10.5 Å². The van der Waals surface area contributed by atoms with Gasteiger partial charge in [-0.1, -0.05) is 12.2 Å². The summed E-state index contributed by atoms with van der Waals surface area (Å²) in [5.41, 5.74) is 5.75. The van der Waals surface area contributed by atoms with Crippen molar-refractivity contribution in [3.8, 4) is 0 Å². The molecule has 0 amide bonds. The molecule has 5 heteroatoms. The lowest BCUT2D eigenvalue weighted by Crippen LogP contribution is -2.33. The molecule has 0 aromatic carbocycles. The van der Waals surface area contributed by atoms with E-state index >= 15 is 0 Å². The Bertz CT molecular complexity index is 334. The van der Waals surface area contributed by atoms with Crippen molar-refractivity contribution in [3.05, 3.63) is 23.3 Å². The van der Waals surface area contributed by atoms with Crippen molar-refractivity contribution in [1.29, 1.82) is 0 Å². The molecule has 0 aromatic rings. The Morgan fingerprint density at radius 1 is 1.28 bits per heavy atom. The van der Waals surface area contributed by atoms with Crippen LogP contribution in [0.15, 0.2) is 23.3 Å². The van der Waals surface area contributed by atoms with E-state index in [9.17, 15) is 13.2 Å². The van der Waals surface area contributed by atoms with Crippen LogP contribution in [0.4, 0.5) is 13.2 Å². The van der Waals surface area contributed by atoms with E-state index in [1.807, 2.05) is 0 Å². The molecule has 0 aromatic heterocycles. The molecule has 2 atom stereocenters. The lowest BCUT2D eigenvalue weighted by molar-refractivity contribution is -0.0913. The number of alkyl halides is 3. The van der Waals surface area contributed by atoms with Crippen LogP contribution in [0.3, 0.4) is 0 Å². The number of hydrogen-bond donors (Lipinski definition) is 1. The average Bonchev–Trinajstić information content (AvgIpc) is 2.34. The maximum absolute atomic E-state index is 12.3. The Hall–Kier alpha value is -0.810. The van der Waals surface area contributed by atoms with Crippen LogP contribution in [-0.4, -0.2) is 24.9 Å². The molecule has 1 aliphatic rings. The summed E-state index contributed by atoms with van der Waals surface area (Å²) in [6, 6.07) is 0. The molecule has 18 heavy (non-hydrogen) atoms. The van der Waals surface area contributed by atoms with E-state index in [1.165, 1.54) is 6.08 Å². The van der Waals surface area contributed by atoms with Gasteiger partial charge in [0.05, 0.1) is 12.2 Å². The standard InChI is InChI=1S/C13H20F3NO/c1-9(6-7-10(2)13(14,15)16)12-5-3-4-11(8-17)18-12/h6-7,11-12H,3-5,8,17H2,1-2H3/b9-6+,10-7+/t11-,12+/m1/s1. The Morgan fingerprint density at radius 3 is 2.50 bits per heavy atom. The Kier molecular flexibility index (Phi) is 5.41. The van der Waals surface area contributed by atoms with E-state index in [0.29, 0.717) is 6.54 Å². The average molecular weight is 263 g/mol. The maximum Gasteiger partial charge on any atom is 0.412 e. The Balaban J connectivity index is 2.66. The molecule has 1 rings (SSSR count). The van der Waals surface area contributed by atoms with E-state index in [-0.39, 0.29) is 12.2 Å². The molecule has 1 aliphatic heterocycles. The van der Waals surface area contributed by atoms with Crippen molar-refractivity contribution in [3.63, 3.8) is 0 Å².